The molecule has 1 N–H and O–H groups in total. The minimum absolute atomic E-state index is 0.00911. The summed E-state index contributed by atoms with van der Waals surface area (Å²) in [4.78, 5) is 0. The van der Waals surface area contributed by atoms with Crippen molar-refractivity contribution in [1.82, 2.24) is 5.32 Å². The van der Waals surface area contributed by atoms with E-state index in [1.807, 2.05) is 6.07 Å². The Morgan fingerprint density at radius 3 is 2.52 bits per heavy atom. The Morgan fingerprint density at radius 1 is 1.14 bits per heavy atom. The molecule has 112 valence electrons. The number of halogens is 2. The van der Waals surface area contributed by atoms with E-state index in [1.165, 1.54) is 17.2 Å². The standard InChI is InChI=1S/C18H21BrFN/c1-3-10-21-18(11-14-6-4-13(2)5-7-14)16-12-15(19)8-9-17(16)20/h4-9,12,18,21H,3,10-11H2,1-2H3. The summed E-state index contributed by atoms with van der Waals surface area (Å²) in [7, 11) is 0. The highest BCUT2D eigenvalue weighted by Crippen LogP contribution is 2.25. The fourth-order valence-electron chi connectivity index (χ4n) is 2.35. The normalized spacial score (nSPS) is 12.4. The van der Waals surface area contributed by atoms with Crippen molar-refractivity contribution in [3.8, 4) is 0 Å². The van der Waals surface area contributed by atoms with E-state index in [1.54, 1.807) is 6.07 Å². The third kappa shape index (κ3) is 4.65. The second-order valence-electron chi connectivity index (χ2n) is 5.36. The van der Waals surface area contributed by atoms with Gasteiger partial charge in [-0.05, 0) is 50.1 Å². The Bertz CT molecular complexity index is 580. The van der Waals surface area contributed by atoms with Gasteiger partial charge in [-0.2, -0.15) is 0 Å². The monoisotopic (exact) mass is 349 g/mol. The molecule has 1 unspecified atom stereocenters. The van der Waals surface area contributed by atoms with Gasteiger partial charge in [-0.1, -0.05) is 52.7 Å². The molecule has 1 atom stereocenters. The van der Waals surface area contributed by atoms with E-state index in [0.29, 0.717) is 0 Å². The van der Waals surface area contributed by atoms with Crippen LogP contribution in [0.15, 0.2) is 46.9 Å². The van der Waals surface area contributed by atoms with Crippen molar-refractivity contribution >= 4 is 15.9 Å². The van der Waals surface area contributed by atoms with Gasteiger partial charge in [0.15, 0.2) is 0 Å². The first kappa shape index (κ1) is 16.2. The van der Waals surface area contributed by atoms with Gasteiger partial charge in [0.1, 0.15) is 5.82 Å². The molecule has 0 saturated heterocycles. The minimum atomic E-state index is -0.154. The lowest BCUT2D eigenvalue weighted by Gasteiger charge is -2.20. The van der Waals surface area contributed by atoms with E-state index in [9.17, 15) is 4.39 Å². The summed E-state index contributed by atoms with van der Waals surface area (Å²) in [6.45, 7) is 5.07. The van der Waals surface area contributed by atoms with Crippen molar-refractivity contribution in [2.75, 3.05) is 6.54 Å². The molecule has 0 bridgehead atoms. The number of aryl methyl sites for hydroxylation is 1. The van der Waals surface area contributed by atoms with Crippen LogP contribution in [0.5, 0.6) is 0 Å². The largest absolute Gasteiger partial charge is 0.310 e. The predicted octanol–water partition coefficient (Wildman–Crippen LogP) is 5.18. The maximum Gasteiger partial charge on any atom is 0.128 e. The van der Waals surface area contributed by atoms with Gasteiger partial charge in [0.25, 0.3) is 0 Å². The Balaban J connectivity index is 2.25. The van der Waals surface area contributed by atoms with Crippen LogP contribution in [0.3, 0.4) is 0 Å². The lowest BCUT2D eigenvalue weighted by Crippen LogP contribution is -2.25. The molecule has 0 aliphatic rings. The average molecular weight is 350 g/mol. The van der Waals surface area contributed by atoms with Crippen molar-refractivity contribution < 1.29 is 4.39 Å². The average Bonchev–Trinajstić information content (AvgIpc) is 2.48. The number of nitrogens with one attached hydrogen (secondary N) is 1. The van der Waals surface area contributed by atoms with Crippen LogP contribution < -0.4 is 5.32 Å². The number of benzene rings is 2. The van der Waals surface area contributed by atoms with E-state index in [-0.39, 0.29) is 11.9 Å². The first-order chi connectivity index (χ1) is 10.1. The van der Waals surface area contributed by atoms with Crippen LogP contribution in [0.1, 0.15) is 36.1 Å². The first-order valence-corrected chi connectivity index (χ1v) is 8.13. The first-order valence-electron chi connectivity index (χ1n) is 7.34. The van der Waals surface area contributed by atoms with E-state index >= 15 is 0 Å². The Hall–Kier alpha value is -1.19. The molecule has 1 nitrogen and oxygen atoms in total. The molecule has 3 heteroatoms. The van der Waals surface area contributed by atoms with Crippen LogP contribution in [0.4, 0.5) is 4.39 Å². The summed E-state index contributed by atoms with van der Waals surface area (Å²) in [5, 5.41) is 3.46. The molecule has 0 aromatic heterocycles. The van der Waals surface area contributed by atoms with Crippen LogP contribution in [-0.2, 0) is 6.42 Å². The van der Waals surface area contributed by atoms with Crippen molar-refractivity contribution in [1.29, 1.82) is 0 Å². The van der Waals surface area contributed by atoms with Crippen LogP contribution >= 0.6 is 15.9 Å². The molecule has 0 fully saturated rings. The third-order valence-corrected chi connectivity index (χ3v) is 4.03. The number of hydrogen-bond acceptors (Lipinski definition) is 1. The molecule has 0 aliphatic carbocycles. The van der Waals surface area contributed by atoms with Gasteiger partial charge in [0, 0.05) is 16.1 Å². The van der Waals surface area contributed by atoms with Crippen molar-refractivity contribution in [2.45, 2.75) is 32.7 Å². The Kier molecular flexibility index (Phi) is 5.95. The highest BCUT2D eigenvalue weighted by Gasteiger charge is 2.16. The molecular formula is C18H21BrFN. The quantitative estimate of drug-likeness (QED) is 0.757. The van der Waals surface area contributed by atoms with E-state index in [0.717, 1.165) is 29.4 Å². The molecule has 2 aromatic carbocycles. The summed E-state index contributed by atoms with van der Waals surface area (Å²) in [5.74, 6) is -0.154. The van der Waals surface area contributed by atoms with E-state index < -0.39 is 0 Å². The van der Waals surface area contributed by atoms with Crippen LogP contribution in [0.2, 0.25) is 0 Å². The van der Waals surface area contributed by atoms with Gasteiger partial charge >= 0.3 is 0 Å². The fraction of sp³-hybridized carbons (Fsp3) is 0.333. The van der Waals surface area contributed by atoms with Gasteiger partial charge in [-0.25, -0.2) is 4.39 Å². The number of hydrogen-bond donors (Lipinski definition) is 1. The highest BCUT2D eigenvalue weighted by atomic mass is 79.9. The molecule has 0 saturated carbocycles. The molecule has 0 aliphatic heterocycles. The topological polar surface area (TPSA) is 12.0 Å². The second-order valence-corrected chi connectivity index (χ2v) is 6.28. The van der Waals surface area contributed by atoms with E-state index in [4.69, 9.17) is 0 Å². The molecule has 0 radical (unpaired) electrons. The SMILES string of the molecule is CCCNC(Cc1ccc(C)cc1)c1cc(Br)ccc1F. The molecule has 0 heterocycles. The zero-order valence-corrected chi connectivity index (χ0v) is 14.1. The van der Waals surface area contributed by atoms with Crippen molar-refractivity contribution in [3.05, 3.63) is 69.4 Å². The van der Waals surface area contributed by atoms with Crippen LogP contribution in [0, 0.1) is 12.7 Å². The van der Waals surface area contributed by atoms with Crippen LogP contribution in [0.25, 0.3) is 0 Å². The van der Waals surface area contributed by atoms with Gasteiger partial charge < -0.3 is 5.32 Å². The molecule has 0 amide bonds. The summed E-state index contributed by atoms with van der Waals surface area (Å²) in [5.41, 5.74) is 3.18. The summed E-state index contributed by atoms with van der Waals surface area (Å²) >= 11 is 3.43. The van der Waals surface area contributed by atoms with Gasteiger partial charge in [0.2, 0.25) is 0 Å². The summed E-state index contributed by atoms with van der Waals surface area (Å²) in [6, 6.07) is 13.6. The summed E-state index contributed by atoms with van der Waals surface area (Å²) in [6.07, 6.45) is 1.81. The summed E-state index contributed by atoms with van der Waals surface area (Å²) < 4.78 is 15.1. The molecule has 2 rings (SSSR count). The number of rotatable bonds is 6. The predicted molar refractivity (Wildman–Crippen MR) is 90.0 cm³/mol. The lowest BCUT2D eigenvalue weighted by molar-refractivity contribution is 0.497. The van der Waals surface area contributed by atoms with Gasteiger partial charge in [0.05, 0.1) is 0 Å². The Morgan fingerprint density at radius 2 is 1.86 bits per heavy atom. The third-order valence-electron chi connectivity index (χ3n) is 3.53. The molecule has 0 spiro atoms. The van der Waals surface area contributed by atoms with E-state index in [2.05, 4.69) is 59.4 Å². The minimum Gasteiger partial charge on any atom is -0.310 e. The second kappa shape index (κ2) is 7.71. The van der Waals surface area contributed by atoms with Crippen molar-refractivity contribution in [2.24, 2.45) is 0 Å². The van der Waals surface area contributed by atoms with Crippen LogP contribution in [-0.4, -0.2) is 6.54 Å². The molecule has 2 aromatic rings. The molecule has 21 heavy (non-hydrogen) atoms. The maximum atomic E-state index is 14.2. The smallest absolute Gasteiger partial charge is 0.128 e. The molecular weight excluding hydrogens is 329 g/mol. The van der Waals surface area contributed by atoms with Gasteiger partial charge in [-0.3, -0.25) is 0 Å². The Labute approximate surface area is 134 Å². The lowest BCUT2D eigenvalue weighted by atomic mass is 9.97. The highest BCUT2D eigenvalue weighted by molar-refractivity contribution is 9.10. The zero-order chi connectivity index (χ0) is 15.2. The maximum absolute atomic E-state index is 14.2. The zero-order valence-electron chi connectivity index (χ0n) is 12.5. The van der Waals surface area contributed by atoms with Crippen molar-refractivity contribution in [3.63, 3.8) is 0 Å². The van der Waals surface area contributed by atoms with Gasteiger partial charge in [-0.15, -0.1) is 0 Å². The fourth-order valence-corrected chi connectivity index (χ4v) is 2.73.